The maximum absolute atomic E-state index is 10.6. The quantitative estimate of drug-likeness (QED) is 0.105. The molecule has 0 saturated heterocycles. The predicted molar refractivity (Wildman–Crippen MR) is 212 cm³/mol. The van der Waals surface area contributed by atoms with Gasteiger partial charge in [0.1, 0.15) is 6.07 Å². The van der Waals surface area contributed by atoms with Crippen molar-refractivity contribution in [1.29, 1.82) is 5.26 Å². The van der Waals surface area contributed by atoms with Gasteiger partial charge in [0, 0.05) is 5.57 Å². The Morgan fingerprint density at radius 3 is 1.18 bits per heavy atom. The number of hydrogen-bond acceptors (Lipinski definition) is 1. The first-order valence-electron chi connectivity index (χ1n) is 17.0. The van der Waals surface area contributed by atoms with Gasteiger partial charge in [0.05, 0.1) is 5.57 Å². The molecule has 0 radical (unpaired) electrons. The summed E-state index contributed by atoms with van der Waals surface area (Å²) in [6.45, 7) is 0. The number of benzene rings is 9. The molecule has 0 unspecified atom stereocenters. The highest BCUT2D eigenvalue weighted by Gasteiger charge is 2.20. The summed E-state index contributed by atoms with van der Waals surface area (Å²) in [5, 5.41) is 20.5. The van der Waals surface area contributed by atoms with Gasteiger partial charge in [-0.2, -0.15) is 5.26 Å². The van der Waals surface area contributed by atoms with Gasteiger partial charge in [0.15, 0.2) is 0 Å². The summed E-state index contributed by atoms with van der Waals surface area (Å²) in [5.41, 5.74) is 9.37. The molecule has 1 heteroatoms. The molecule has 0 N–H and O–H groups in total. The second-order valence-corrected chi connectivity index (χ2v) is 12.7. The minimum atomic E-state index is 0.654. The standard InChI is InChI=1S/C49H31N/c50-32-45(46(34-15-3-1-4-16-34)35-17-5-2-6-18-35)33-27-29-36(30-28-33)47-41-23-11-13-25-43(41)49(44-26-14-12-24-42(44)47)48-39-21-9-7-19-37(39)31-38-20-8-10-22-40(38)48/h1-31H. The first-order valence-corrected chi connectivity index (χ1v) is 17.0. The van der Waals surface area contributed by atoms with Gasteiger partial charge in [-0.25, -0.2) is 0 Å². The molecule has 0 spiro atoms. The fourth-order valence-electron chi connectivity index (χ4n) is 7.73. The molecular formula is C49H31N. The van der Waals surface area contributed by atoms with Crippen molar-refractivity contribution >= 4 is 54.2 Å². The molecule has 9 aromatic carbocycles. The zero-order chi connectivity index (χ0) is 33.4. The summed E-state index contributed by atoms with van der Waals surface area (Å²) >= 11 is 0. The smallest absolute Gasteiger partial charge is 0.100 e. The Kier molecular flexibility index (Phi) is 7.27. The normalized spacial score (nSPS) is 11.2. The Bertz CT molecular complexity index is 2630. The van der Waals surface area contributed by atoms with Crippen LogP contribution in [0.25, 0.3) is 76.5 Å². The van der Waals surface area contributed by atoms with Crippen LogP contribution in [0.5, 0.6) is 0 Å². The average molecular weight is 634 g/mol. The second kappa shape index (κ2) is 12.4. The van der Waals surface area contributed by atoms with E-state index in [-0.39, 0.29) is 0 Å². The van der Waals surface area contributed by atoms with Crippen molar-refractivity contribution in [3.63, 3.8) is 0 Å². The first kappa shape index (κ1) is 29.4. The lowest BCUT2D eigenvalue weighted by molar-refractivity contribution is 1.50. The number of nitriles is 1. The monoisotopic (exact) mass is 633 g/mol. The van der Waals surface area contributed by atoms with Crippen molar-refractivity contribution in [2.24, 2.45) is 0 Å². The van der Waals surface area contributed by atoms with E-state index in [1.807, 2.05) is 36.4 Å². The SMILES string of the molecule is N#CC(=C(c1ccccc1)c1ccccc1)c1ccc(-c2c3ccccc3c(-c3c4ccccc4cc4ccccc34)c3ccccc23)cc1. The third kappa shape index (κ3) is 4.86. The molecular weight excluding hydrogens is 603 g/mol. The van der Waals surface area contributed by atoms with Gasteiger partial charge >= 0.3 is 0 Å². The van der Waals surface area contributed by atoms with E-state index in [1.54, 1.807) is 0 Å². The van der Waals surface area contributed by atoms with Crippen LogP contribution < -0.4 is 0 Å². The molecule has 0 bridgehead atoms. The average Bonchev–Trinajstić information content (AvgIpc) is 3.19. The van der Waals surface area contributed by atoms with Gasteiger partial charge in [-0.1, -0.05) is 182 Å². The van der Waals surface area contributed by atoms with Crippen LogP contribution in [0.4, 0.5) is 0 Å². The highest BCUT2D eigenvalue weighted by Crippen LogP contribution is 2.47. The topological polar surface area (TPSA) is 23.8 Å². The van der Waals surface area contributed by atoms with E-state index in [4.69, 9.17) is 0 Å². The summed E-state index contributed by atoms with van der Waals surface area (Å²) in [4.78, 5) is 0. The van der Waals surface area contributed by atoms with E-state index in [0.29, 0.717) is 5.57 Å². The molecule has 9 aromatic rings. The van der Waals surface area contributed by atoms with Crippen LogP contribution in [0, 0.1) is 11.3 Å². The zero-order valence-corrected chi connectivity index (χ0v) is 27.3. The highest BCUT2D eigenvalue weighted by molar-refractivity contribution is 6.27. The van der Waals surface area contributed by atoms with E-state index >= 15 is 0 Å². The Labute approximate surface area is 291 Å². The lowest BCUT2D eigenvalue weighted by atomic mass is 9.82. The molecule has 232 valence electrons. The summed E-state index contributed by atoms with van der Waals surface area (Å²) in [6.07, 6.45) is 0. The van der Waals surface area contributed by atoms with Crippen molar-refractivity contribution in [2.75, 3.05) is 0 Å². The molecule has 0 aliphatic carbocycles. The molecule has 0 aliphatic heterocycles. The number of hydrogen-bond donors (Lipinski definition) is 0. The number of rotatable bonds is 5. The van der Waals surface area contributed by atoms with Gasteiger partial charge in [-0.3, -0.25) is 0 Å². The van der Waals surface area contributed by atoms with Gasteiger partial charge in [-0.05, 0) is 88.1 Å². The van der Waals surface area contributed by atoms with Crippen LogP contribution >= 0.6 is 0 Å². The van der Waals surface area contributed by atoms with E-state index in [2.05, 4.69) is 158 Å². The van der Waals surface area contributed by atoms with Gasteiger partial charge < -0.3 is 0 Å². The third-order valence-corrected chi connectivity index (χ3v) is 9.90. The van der Waals surface area contributed by atoms with Crippen LogP contribution in [0.1, 0.15) is 16.7 Å². The molecule has 0 amide bonds. The Morgan fingerprint density at radius 2 is 0.720 bits per heavy atom. The molecule has 9 rings (SSSR count). The molecule has 0 atom stereocenters. The highest BCUT2D eigenvalue weighted by atomic mass is 14.3. The summed E-state index contributed by atoms with van der Waals surface area (Å²) in [5.74, 6) is 0. The van der Waals surface area contributed by atoms with Crippen molar-refractivity contribution < 1.29 is 0 Å². The van der Waals surface area contributed by atoms with E-state index < -0.39 is 0 Å². The van der Waals surface area contributed by atoms with E-state index in [1.165, 1.54) is 59.8 Å². The fraction of sp³-hybridized carbons (Fsp3) is 0. The van der Waals surface area contributed by atoms with Gasteiger partial charge in [-0.15, -0.1) is 0 Å². The van der Waals surface area contributed by atoms with Crippen LogP contribution in [0.3, 0.4) is 0 Å². The van der Waals surface area contributed by atoms with E-state index in [0.717, 1.165) is 27.8 Å². The largest absolute Gasteiger partial charge is 0.192 e. The van der Waals surface area contributed by atoms with Gasteiger partial charge in [0.2, 0.25) is 0 Å². The Hall–Kier alpha value is -6.75. The molecule has 0 fully saturated rings. The maximum atomic E-state index is 10.6. The van der Waals surface area contributed by atoms with Crippen LogP contribution in [0.2, 0.25) is 0 Å². The Morgan fingerprint density at radius 1 is 0.340 bits per heavy atom. The molecule has 0 saturated carbocycles. The number of allylic oxidation sites excluding steroid dienone is 1. The summed E-state index contributed by atoms with van der Waals surface area (Å²) in [7, 11) is 0. The molecule has 1 nitrogen and oxygen atoms in total. The molecule has 0 aliphatic rings. The van der Waals surface area contributed by atoms with Crippen molar-refractivity contribution in [2.45, 2.75) is 0 Å². The molecule has 0 heterocycles. The lowest BCUT2D eigenvalue weighted by Gasteiger charge is -2.20. The minimum Gasteiger partial charge on any atom is -0.192 e. The fourth-order valence-corrected chi connectivity index (χ4v) is 7.73. The van der Waals surface area contributed by atoms with Crippen LogP contribution in [-0.2, 0) is 0 Å². The zero-order valence-electron chi connectivity index (χ0n) is 27.3. The van der Waals surface area contributed by atoms with Crippen molar-refractivity contribution in [1.82, 2.24) is 0 Å². The number of nitrogens with zero attached hydrogens (tertiary/aromatic N) is 1. The minimum absolute atomic E-state index is 0.654. The van der Waals surface area contributed by atoms with E-state index in [9.17, 15) is 5.26 Å². The predicted octanol–water partition coefficient (Wildman–Crippen LogP) is 13.1. The summed E-state index contributed by atoms with van der Waals surface area (Å²) in [6, 6.07) is 69.0. The Balaban J connectivity index is 1.30. The van der Waals surface area contributed by atoms with Crippen molar-refractivity contribution in [3.8, 4) is 28.3 Å². The number of fused-ring (bicyclic) bond motifs is 4. The van der Waals surface area contributed by atoms with Gasteiger partial charge in [0.25, 0.3) is 0 Å². The third-order valence-electron chi connectivity index (χ3n) is 9.90. The van der Waals surface area contributed by atoms with Crippen LogP contribution in [-0.4, -0.2) is 0 Å². The lowest BCUT2D eigenvalue weighted by Crippen LogP contribution is -1.95. The molecule has 50 heavy (non-hydrogen) atoms. The second-order valence-electron chi connectivity index (χ2n) is 12.7. The summed E-state index contributed by atoms with van der Waals surface area (Å²) < 4.78 is 0. The van der Waals surface area contributed by atoms with Crippen molar-refractivity contribution in [3.05, 3.63) is 205 Å². The first-order chi connectivity index (χ1) is 24.8. The molecule has 0 aromatic heterocycles. The van der Waals surface area contributed by atoms with Crippen LogP contribution in [0.15, 0.2) is 188 Å². The maximum Gasteiger partial charge on any atom is 0.100 e.